The molecule has 7 heteroatoms. The molecule has 4 rings (SSSR count). The average Bonchev–Trinajstić information content (AvgIpc) is 3.24. The Morgan fingerprint density at radius 1 is 0.844 bits per heavy atom. The van der Waals surface area contributed by atoms with E-state index in [0.29, 0.717) is 13.2 Å². The predicted molar refractivity (Wildman–Crippen MR) is 127 cm³/mol. The highest BCUT2D eigenvalue weighted by Crippen LogP contribution is 2.25. The molecule has 0 bridgehead atoms. The molecule has 2 aromatic heterocycles. The van der Waals surface area contributed by atoms with Crippen LogP contribution < -0.4 is 9.47 Å². The smallest absolute Gasteiger partial charge is 0.191 e. The second-order valence-corrected chi connectivity index (χ2v) is 8.20. The zero-order valence-electron chi connectivity index (χ0n) is 18.1. The molecule has 0 N–H and O–H groups in total. The molecular formula is C25H26N4O2S. The van der Waals surface area contributed by atoms with Crippen LogP contribution in [0.4, 0.5) is 0 Å². The summed E-state index contributed by atoms with van der Waals surface area (Å²) < 4.78 is 13.6. The van der Waals surface area contributed by atoms with Crippen molar-refractivity contribution in [2.24, 2.45) is 0 Å². The SMILES string of the molecule is CCCOc1ccc(OCCSc2nnc(-c3cccnc3)n2Cc2ccccc2)cc1. The number of ether oxygens (including phenoxy) is 2. The van der Waals surface area contributed by atoms with Crippen molar-refractivity contribution in [2.45, 2.75) is 25.0 Å². The van der Waals surface area contributed by atoms with Crippen LogP contribution >= 0.6 is 11.8 Å². The molecule has 2 aromatic carbocycles. The normalized spacial score (nSPS) is 10.8. The average molecular weight is 447 g/mol. The standard InChI is InChI=1S/C25H26N4O2S/c1-2-15-30-22-10-12-23(13-11-22)31-16-17-32-25-28-27-24(21-9-6-14-26-18-21)29(25)19-20-7-4-3-5-8-20/h3-14,18H,2,15-17,19H2,1H3. The minimum absolute atomic E-state index is 0.570. The first-order valence-corrected chi connectivity index (χ1v) is 11.7. The number of pyridine rings is 1. The summed E-state index contributed by atoms with van der Waals surface area (Å²) in [4.78, 5) is 4.23. The van der Waals surface area contributed by atoms with Crippen molar-refractivity contribution < 1.29 is 9.47 Å². The van der Waals surface area contributed by atoms with Gasteiger partial charge in [0.05, 0.1) is 19.8 Å². The van der Waals surface area contributed by atoms with Crippen LogP contribution in [0.15, 0.2) is 84.3 Å². The monoisotopic (exact) mass is 446 g/mol. The molecule has 6 nitrogen and oxygen atoms in total. The summed E-state index contributed by atoms with van der Waals surface area (Å²) in [7, 11) is 0. The van der Waals surface area contributed by atoms with Gasteiger partial charge in [0.2, 0.25) is 0 Å². The Bertz CT molecular complexity index is 1090. The molecule has 0 aliphatic carbocycles. The number of benzene rings is 2. The Morgan fingerprint density at radius 3 is 2.28 bits per heavy atom. The van der Waals surface area contributed by atoms with Crippen molar-refractivity contribution in [2.75, 3.05) is 19.0 Å². The lowest BCUT2D eigenvalue weighted by molar-refractivity contribution is 0.314. The molecule has 2 heterocycles. The van der Waals surface area contributed by atoms with E-state index >= 15 is 0 Å². The van der Waals surface area contributed by atoms with Gasteiger partial charge in [-0.2, -0.15) is 0 Å². The second kappa shape index (κ2) is 11.3. The second-order valence-electron chi connectivity index (χ2n) is 7.14. The molecule has 4 aromatic rings. The van der Waals surface area contributed by atoms with Crippen LogP contribution in [0.3, 0.4) is 0 Å². The van der Waals surface area contributed by atoms with E-state index in [9.17, 15) is 0 Å². The topological polar surface area (TPSA) is 62.1 Å². The van der Waals surface area contributed by atoms with Crippen molar-refractivity contribution in [1.82, 2.24) is 19.7 Å². The van der Waals surface area contributed by atoms with E-state index in [-0.39, 0.29) is 0 Å². The van der Waals surface area contributed by atoms with Crippen molar-refractivity contribution in [3.05, 3.63) is 84.7 Å². The molecule has 0 spiro atoms. The minimum atomic E-state index is 0.570. The quantitative estimate of drug-likeness (QED) is 0.229. The third kappa shape index (κ3) is 5.88. The number of hydrogen-bond acceptors (Lipinski definition) is 6. The maximum atomic E-state index is 5.89. The maximum absolute atomic E-state index is 5.89. The number of hydrogen-bond donors (Lipinski definition) is 0. The minimum Gasteiger partial charge on any atom is -0.494 e. The Morgan fingerprint density at radius 2 is 1.59 bits per heavy atom. The number of rotatable bonds is 11. The lowest BCUT2D eigenvalue weighted by Crippen LogP contribution is -2.06. The molecule has 32 heavy (non-hydrogen) atoms. The van der Waals surface area contributed by atoms with Gasteiger partial charge in [0.25, 0.3) is 0 Å². The first-order chi connectivity index (χ1) is 15.8. The summed E-state index contributed by atoms with van der Waals surface area (Å²) in [6, 6.07) is 22.0. The summed E-state index contributed by atoms with van der Waals surface area (Å²) in [5.74, 6) is 3.27. The Kier molecular flexibility index (Phi) is 7.76. The molecule has 0 radical (unpaired) electrons. The van der Waals surface area contributed by atoms with Gasteiger partial charge in [-0.1, -0.05) is 49.0 Å². The van der Waals surface area contributed by atoms with Gasteiger partial charge in [0.15, 0.2) is 11.0 Å². The highest BCUT2D eigenvalue weighted by molar-refractivity contribution is 7.99. The van der Waals surface area contributed by atoms with E-state index in [2.05, 4.69) is 38.8 Å². The first kappa shape index (κ1) is 21.9. The molecular weight excluding hydrogens is 420 g/mol. The van der Waals surface area contributed by atoms with E-state index in [1.807, 2.05) is 60.8 Å². The first-order valence-electron chi connectivity index (χ1n) is 10.7. The van der Waals surface area contributed by atoms with Crippen LogP contribution in [-0.4, -0.2) is 38.7 Å². The van der Waals surface area contributed by atoms with Crippen LogP contribution in [-0.2, 0) is 6.54 Å². The van der Waals surface area contributed by atoms with E-state index in [0.717, 1.165) is 46.8 Å². The van der Waals surface area contributed by atoms with Crippen molar-refractivity contribution in [3.63, 3.8) is 0 Å². The molecule has 0 aliphatic heterocycles. The molecule has 0 atom stereocenters. The molecule has 164 valence electrons. The summed E-state index contributed by atoms with van der Waals surface area (Å²) in [5.41, 5.74) is 2.14. The fraction of sp³-hybridized carbons (Fsp3) is 0.240. The van der Waals surface area contributed by atoms with Crippen LogP contribution in [0.25, 0.3) is 11.4 Å². The fourth-order valence-electron chi connectivity index (χ4n) is 3.16. The molecule has 0 fully saturated rings. The maximum Gasteiger partial charge on any atom is 0.191 e. The van der Waals surface area contributed by atoms with Gasteiger partial charge in [-0.25, -0.2) is 0 Å². The zero-order chi connectivity index (χ0) is 22.0. The van der Waals surface area contributed by atoms with Gasteiger partial charge in [0, 0.05) is 23.7 Å². The van der Waals surface area contributed by atoms with Gasteiger partial charge < -0.3 is 9.47 Å². The summed E-state index contributed by atoms with van der Waals surface area (Å²) in [6.07, 6.45) is 4.57. The number of nitrogens with zero attached hydrogens (tertiary/aromatic N) is 4. The highest BCUT2D eigenvalue weighted by Gasteiger charge is 2.15. The third-order valence-corrected chi connectivity index (χ3v) is 5.63. The van der Waals surface area contributed by atoms with Crippen LogP contribution in [0.1, 0.15) is 18.9 Å². The van der Waals surface area contributed by atoms with E-state index in [1.165, 1.54) is 5.56 Å². The largest absolute Gasteiger partial charge is 0.494 e. The van der Waals surface area contributed by atoms with Gasteiger partial charge in [-0.3, -0.25) is 9.55 Å². The lowest BCUT2D eigenvalue weighted by atomic mass is 10.2. The summed E-state index contributed by atoms with van der Waals surface area (Å²) in [5, 5.41) is 9.76. The predicted octanol–water partition coefficient (Wildman–Crippen LogP) is 5.35. The van der Waals surface area contributed by atoms with Crippen molar-refractivity contribution >= 4 is 11.8 Å². The van der Waals surface area contributed by atoms with Gasteiger partial charge in [0.1, 0.15) is 11.5 Å². The highest BCUT2D eigenvalue weighted by atomic mass is 32.2. The van der Waals surface area contributed by atoms with Gasteiger partial charge in [-0.15, -0.1) is 10.2 Å². The number of aromatic nitrogens is 4. The van der Waals surface area contributed by atoms with Gasteiger partial charge in [-0.05, 0) is 48.4 Å². The van der Waals surface area contributed by atoms with Crippen LogP contribution in [0, 0.1) is 0 Å². The molecule has 0 saturated heterocycles. The Labute approximate surface area is 192 Å². The Balaban J connectivity index is 1.40. The molecule has 0 amide bonds. The van der Waals surface area contributed by atoms with E-state index < -0.39 is 0 Å². The zero-order valence-corrected chi connectivity index (χ0v) is 18.9. The molecule has 0 saturated carbocycles. The van der Waals surface area contributed by atoms with Crippen LogP contribution in [0.2, 0.25) is 0 Å². The summed E-state index contributed by atoms with van der Waals surface area (Å²) in [6.45, 7) is 4.08. The number of thioether (sulfide) groups is 1. The van der Waals surface area contributed by atoms with Crippen molar-refractivity contribution in [1.29, 1.82) is 0 Å². The molecule has 0 unspecified atom stereocenters. The van der Waals surface area contributed by atoms with Gasteiger partial charge >= 0.3 is 0 Å². The van der Waals surface area contributed by atoms with E-state index in [4.69, 9.17) is 9.47 Å². The van der Waals surface area contributed by atoms with Crippen LogP contribution in [0.5, 0.6) is 11.5 Å². The summed E-state index contributed by atoms with van der Waals surface area (Å²) >= 11 is 1.63. The Hall–Kier alpha value is -3.32. The lowest BCUT2D eigenvalue weighted by Gasteiger charge is -2.11. The fourth-order valence-corrected chi connectivity index (χ4v) is 3.91. The van der Waals surface area contributed by atoms with E-state index in [1.54, 1.807) is 18.0 Å². The van der Waals surface area contributed by atoms with Crippen molar-refractivity contribution in [3.8, 4) is 22.9 Å². The third-order valence-electron chi connectivity index (χ3n) is 4.70. The molecule has 0 aliphatic rings.